The van der Waals surface area contributed by atoms with E-state index >= 15 is 0 Å². The minimum atomic E-state index is -3.81. The molecule has 37 heavy (non-hydrogen) atoms. The monoisotopic (exact) mass is 541 g/mol. The summed E-state index contributed by atoms with van der Waals surface area (Å²) in [5.41, 5.74) is 10.6. The van der Waals surface area contributed by atoms with Gasteiger partial charge in [-0.1, -0.05) is 6.07 Å². The van der Waals surface area contributed by atoms with Crippen molar-refractivity contribution in [2.24, 2.45) is 0 Å². The number of sulfonamides is 1. The standard InChI is InChI=1S/C26H28ClN5O4S/c1-31(2)17-3-6-22-15(9-17)10-23(30-22)26(34)32-14-16(13-27)25-19-5-4-18(37(35,36)29-7-8-33)11-20(19)21(28)12-24(25)32/h3-6,9-12,16,29-30,33H,7-8,13-14,28H2,1-2H3. The van der Waals surface area contributed by atoms with Crippen LogP contribution in [0, 0.1) is 0 Å². The summed E-state index contributed by atoms with van der Waals surface area (Å²) >= 11 is 6.35. The van der Waals surface area contributed by atoms with Crippen molar-refractivity contribution in [3.8, 4) is 0 Å². The van der Waals surface area contributed by atoms with Crippen LogP contribution in [0.25, 0.3) is 21.7 Å². The highest BCUT2D eigenvalue weighted by molar-refractivity contribution is 7.89. The van der Waals surface area contributed by atoms with E-state index in [0.717, 1.165) is 27.5 Å². The number of aromatic nitrogens is 1. The van der Waals surface area contributed by atoms with Gasteiger partial charge in [-0.2, -0.15) is 0 Å². The fourth-order valence-corrected chi connectivity index (χ4v) is 6.21. The molecule has 1 atom stereocenters. The number of carbonyl (C=O) groups excluding carboxylic acids is 1. The Morgan fingerprint density at radius 1 is 1.19 bits per heavy atom. The molecule has 2 heterocycles. The van der Waals surface area contributed by atoms with E-state index in [-0.39, 0.29) is 35.8 Å². The molecule has 4 aromatic rings. The van der Waals surface area contributed by atoms with Crippen LogP contribution in [0.15, 0.2) is 53.4 Å². The lowest BCUT2D eigenvalue weighted by Crippen LogP contribution is -2.30. The number of nitrogens with two attached hydrogens (primary N) is 1. The third kappa shape index (κ3) is 4.40. The predicted molar refractivity (Wildman–Crippen MR) is 148 cm³/mol. The van der Waals surface area contributed by atoms with Crippen molar-refractivity contribution >= 4 is 66.3 Å². The van der Waals surface area contributed by atoms with Crippen LogP contribution in [0.1, 0.15) is 22.0 Å². The van der Waals surface area contributed by atoms with Gasteiger partial charge in [0.15, 0.2) is 0 Å². The summed E-state index contributed by atoms with van der Waals surface area (Å²) in [5, 5.41) is 11.2. The number of H-pyrrole nitrogens is 1. The zero-order chi connectivity index (χ0) is 26.5. The Morgan fingerprint density at radius 2 is 1.97 bits per heavy atom. The Labute approximate surface area is 219 Å². The SMILES string of the molecule is CN(C)c1ccc2[nH]c(C(=O)N3CC(CCl)c4c3cc(N)c3cc(S(=O)(=O)NCCO)ccc43)cc2c1. The second-order valence-corrected chi connectivity index (χ2v) is 11.4. The van der Waals surface area contributed by atoms with Gasteiger partial charge >= 0.3 is 0 Å². The molecule has 1 unspecified atom stereocenters. The summed E-state index contributed by atoms with van der Waals surface area (Å²) in [6.45, 7) is -0.0147. The zero-order valence-corrected chi connectivity index (χ0v) is 22.0. The van der Waals surface area contributed by atoms with Crippen molar-refractivity contribution in [1.29, 1.82) is 0 Å². The first-order chi connectivity index (χ1) is 17.6. The molecule has 194 valence electrons. The Balaban J connectivity index is 1.57. The molecule has 0 fully saturated rings. The lowest BCUT2D eigenvalue weighted by atomic mass is 9.95. The average molecular weight is 542 g/mol. The van der Waals surface area contributed by atoms with Crippen molar-refractivity contribution in [3.63, 3.8) is 0 Å². The van der Waals surface area contributed by atoms with E-state index in [0.29, 0.717) is 29.0 Å². The number of aliphatic hydroxyl groups is 1. The Kier molecular flexibility index (Phi) is 6.53. The van der Waals surface area contributed by atoms with Crippen LogP contribution in [0.3, 0.4) is 0 Å². The fourth-order valence-electron chi connectivity index (χ4n) is 4.91. The molecule has 1 aliphatic rings. The van der Waals surface area contributed by atoms with E-state index in [1.165, 1.54) is 12.1 Å². The topological polar surface area (TPSA) is 132 Å². The molecule has 0 bridgehead atoms. The number of nitrogen functional groups attached to an aromatic ring is 1. The molecule has 1 amide bonds. The maximum absolute atomic E-state index is 13.7. The van der Waals surface area contributed by atoms with Crippen molar-refractivity contribution in [1.82, 2.24) is 9.71 Å². The van der Waals surface area contributed by atoms with Crippen LogP contribution in [-0.4, -0.2) is 64.1 Å². The van der Waals surface area contributed by atoms with E-state index < -0.39 is 10.0 Å². The second kappa shape index (κ2) is 9.53. The van der Waals surface area contributed by atoms with Crippen LogP contribution in [0.5, 0.6) is 0 Å². The van der Waals surface area contributed by atoms with E-state index in [1.807, 2.05) is 43.3 Å². The first kappa shape index (κ1) is 25.3. The summed E-state index contributed by atoms with van der Waals surface area (Å²) in [4.78, 5) is 20.6. The number of rotatable bonds is 7. The van der Waals surface area contributed by atoms with Gasteiger partial charge in [-0.25, -0.2) is 13.1 Å². The molecule has 0 radical (unpaired) electrons. The van der Waals surface area contributed by atoms with Crippen LogP contribution in [0.4, 0.5) is 17.1 Å². The Morgan fingerprint density at radius 3 is 2.68 bits per heavy atom. The molecule has 0 spiro atoms. The van der Waals surface area contributed by atoms with Gasteiger partial charge in [0.05, 0.1) is 17.2 Å². The van der Waals surface area contributed by atoms with E-state index in [9.17, 15) is 13.2 Å². The summed E-state index contributed by atoms with van der Waals surface area (Å²) < 4.78 is 27.5. The smallest absolute Gasteiger partial charge is 0.274 e. The number of hydrogen-bond donors (Lipinski definition) is 4. The Hall–Kier alpha value is -3.31. The van der Waals surface area contributed by atoms with Gasteiger partial charge in [0.1, 0.15) is 5.69 Å². The van der Waals surface area contributed by atoms with Crippen LogP contribution >= 0.6 is 11.6 Å². The number of aromatic amines is 1. The highest BCUT2D eigenvalue weighted by Crippen LogP contribution is 2.45. The largest absolute Gasteiger partial charge is 0.398 e. The molecule has 1 aliphatic heterocycles. The number of nitrogens with one attached hydrogen (secondary N) is 2. The number of benzene rings is 3. The molecular weight excluding hydrogens is 514 g/mol. The maximum atomic E-state index is 13.7. The molecular formula is C26H28ClN5O4S. The number of halogens is 1. The zero-order valence-electron chi connectivity index (χ0n) is 20.5. The van der Waals surface area contributed by atoms with Crippen molar-refractivity contribution < 1.29 is 18.3 Å². The second-order valence-electron chi connectivity index (χ2n) is 9.34. The van der Waals surface area contributed by atoms with Crippen LogP contribution in [0.2, 0.25) is 0 Å². The number of aliphatic hydroxyl groups excluding tert-OH is 1. The Bertz CT molecular complexity index is 1630. The van der Waals surface area contributed by atoms with E-state index in [4.69, 9.17) is 22.4 Å². The lowest BCUT2D eigenvalue weighted by Gasteiger charge is -2.18. The first-order valence-corrected chi connectivity index (χ1v) is 13.8. The minimum Gasteiger partial charge on any atom is -0.398 e. The maximum Gasteiger partial charge on any atom is 0.274 e. The normalized spacial score (nSPS) is 15.5. The van der Waals surface area contributed by atoms with Crippen molar-refractivity contribution in [3.05, 3.63) is 59.8 Å². The molecule has 0 saturated carbocycles. The summed E-state index contributed by atoms with van der Waals surface area (Å²) in [5.74, 6) is -0.0571. The predicted octanol–water partition coefficient (Wildman–Crippen LogP) is 3.22. The van der Waals surface area contributed by atoms with E-state index in [2.05, 4.69) is 9.71 Å². The molecule has 1 aromatic heterocycles. The summed E-state index contributed by atoms with van der Waals surface area (Å²) in [6.07, 6.45) is 0. The van der Waals surface area contributed by atoms with Crippen LogP contribution < -0.4 is 20.3 Å². The minimum absolute atomic E-state index is 0.0450. The number of nitrogens with zero attached hydrogens (tertiary/aromatic N) is 2. The van der Waals surface area contributed by atoms with Gasteiger partial charge in [-0.3, -0.25) is 4.79 Å². The molecule has 3 aromatic carbocycles. The van der Waals surface area contributed by atoms with Gasteiger partial charge in [0, 0.05) is 66.6 Å². The number of carbonyl (C=O) groups is 1. The number of fused-ring (bicyclic) bond motifs is 4. The van der Waals surface area contributed by atoms with Gasteiger partial charge < -0.3 is 25.6 Å². The molecule has 5 rings (SSSR count). The highest BCUT2D eigenvalue weighted by Gasteiger charge is 2.35. The lowest BCUT2D eigenvalue weighted by molar-refractivity contribution is 0.0984. The van der Waals surface area contributed by atoms with Crippen LogP contribution in [-0.2, 0) is 10.0 Å². The summed E-state index contributed by atoms with van der Waals surface area (Å²) in [7, 11) is 0.120. The number of amides is 1. The summed E-state index contributed by atoms with van der Waals surface area (Å²) in [6, 6.07) is 14.2. The molecule has 11 heteroatoms. The molecule has 0 aliphatic carbocycles. The number of alkyl halides is 1. The third-order valence-corrected chi connectivity index (χ3v) is 8.59. The molecule has 9 nitrogen and oxygen atoms in total. The van der Waals surface area contributed by atoms with Gasteiger partial charge in [0.25, 0.3) is 5.91 Å². The van der Waals surface area contributed by atoms with Crippen molar-refractivity contribution in [2.75, 3.05) is 55.2 Å². The molecule has 5 N–H and O–H groups in total. The van der Waals surface area contributed by atoms with Crippen molar-refractivity contribution in [2.45, 2.75) is 10.8 Å². The quantitative estimate of drug-likeness (QED) is 0.210. The van der Waals surface area contributed by atoms with Gasteiger partial charge in [-0.05, 0) is 53.4 Å². The molecule has 0 saturated heterocycles. The number of anilines is 3. The van der Waals surface area contributed by atoms with E-state index in [1.54, 1.807) is 17.0 Å². The average Bonchev–Trinajstić information content (AvgIpc) is 3.48. The van der Waals surface area contributed by atoms with Gasteiger partial charge in [-0.15, -0.1) is 11.6 Å². The highest BCUT2D eigenvalue weighted by atomic mass is 35.5. The fraction of sp³-hybridized carbons (Fsp3) is 0.269. The van der Waals surface area contributed by atoms with Gasteiger partial charge in [0.2, 0.25) is 10.0 Å². The first-order valence-electron chi connectivity index (χ1n) is 11.8. The number of hydrogen-bond acceptors (Lipinski definition) is 6. The third-order valence-electron chi connectivity index (χ3n) is 6.76.